The maximum atomic E-state index is 12.1. The van der Waals surface area contributed by atoms with E-state index in [1.54, 1.807) is 21.3 Å². The summed E-state index contributed by atoms with van der Waals surface area (Å²) < 4.78 is 16.2. The van der Waals surface area contributed by atoms with E-state index in [0.29, 0.717) is 29.1 Å². The molecule has 0 unspecified atom stereocenters. The molecule has 23 heavy (non-hydrogen) atoms. The molecule has 1 heterocycles. The minimum Gasteiger partial charge on any atom is -0.492 e. The van der Waals surface area contributed by atoms with Crippen LogP contribution in [-0.4, -0.2) is 58.3 Å². The Labute approximate surface area is 136 Å². The van der Waals surface area contributed by atoms with Gasteiger partial charge in [-0.3, -0.25) is 9.69 Å². The van der Waals surface area contributed by atoms with Gasteiger partial charge in [0.15, 0.2) is 11.5 Å². The number of carbonyl (C=O) groups is 1. The quantitative estimate of drug-likeness (QED) is 0.857. The Morgan fingerprint density at radius 2 is 1.61 bits per heavy atom. The molecule has 1 aromatic carbocycles. The molecule has 1 amide bonds. The zero-order valence-electron chi connectivity index (χ0n) is 14.1. The summed E-state index contributed by atoms with van der Waals surface area (Å²) in [6.07, 6.45) is 2.14. The van der Waals surface area contributed by atoms with Gasteiger partial charge >= 0.3 is 0 Å². The topological polar surface area (TPSA) is 52.4 Å². The fraction of sp³-hybridized carbons (Fsp3) is 0.588. The lowest BCUT2D eigenvalue weighted by atomic mass is 10.2. The lowest BCUT2D eigenvalue weighted by Gasteiger charge is -2.32. The van der Waals surface area contributed by atoms with Gasteiger partial charge in [0.1, 0.15) is 5.69 Å². The van der Waals surface area contributed by atoms with E-state index in [9.17, 15) is 4.79 Å². The second-order valence-corrected chi connectivity index (χ2v) is 6.12. The van der Waals surface area contributed by atoms with Crippen LogP contribution in [0.25, 0.3) is 0 Å². The molecule has 2 aliphatic rings. The van der Waals surface area contributed by atoms with Crippen LogP contribution >= 0.6 is 0 Å². The van der Waals surface area contributed by atoms with Gasteiger partial charge in [-0.2, -0.15) is 0 Å². The van der Waals surface area contributed by atoms with Crippen molar-refractivity contribution in [2.45, 2.75) is 12.8 Å². The van der Waals surface area contributed by atoms with Gasteiger partial charge < -0.3 is 19.1 Å². The van der Waals surface area contributed by atoms with Crippen LogP contribution in [0.3, 0.4) is 0 Å². The van der Waals surface area contributed by atoms with Gasteiger partial charge in [0.2, 0.25) is 11.7 Å². The van der Waals surface area contributed by atoms with Gasteiger partial charge in [0.25, 0.3) is 0 Å². The third-order valence-corrected chi connectivity index (χ3v) is 4.68. The van der Waals surface area contributed by atoms with Crippen LogP contribution in [-0.2, 0) is 4.79 Å². The number of hydrogen-bond donors (Lipinski definition) is 1. The Morgan fingerprint density at radius 3 is 2.04 bits per heavy atom. The molecule has 1 saturated carbocycles. The number of hydrogen-bond acceptors (Lipinski definition) is 4. The summed E-state index contributed by atoms with van der Waals surface area (Å²) in [6.45, 7) is 3.41. The van der Waals surface area contributed by atoms with E-state index >= 15 is 0 Å². The summed E-state index contributed by atoms with van der Waals surface area (Å²) in [5.74, 6) is 2.60. The second kappa shape index (κ2) is 6.66. The molecule has 1 saturated heterocycles. The van der Waals surface area contributed by atoms with Crippen molar-refractivity contribution in [3.8, 4) is 17.2 Å². The molecule has 0 atom stereocenters. The number of amides is 1. The van der Waals surface area contributed by atoms with E-state index < -0.39 is 0 Å². The lowest BCUT2D eigenvalue weighted by Crippen LogP contribution is -3.10. The van der Waals surface area contributed by atoms with E-state index in [0.717, 1.165) is 44.7 Å². The van der Waals surface area contributed by atoms with Crippen LogP contribution in [0.4, 0.5) is 5.69 Å². The summed E-state index contributed by atoms with van der Waals surface area (Å²) in [4.78, 5) is 15.5. The molecule has 126 valence electrons. The van der Waals surface area contributed by atoms with Gasteiger partial charge in [-0.05, 0) is 12.8 Å². The Bertz CT molecular complexity index is 553. The number of quaternary nitrogens is 1. The summed E-state index contributed by atoms with van der Waals surface area (Å²) in [5, 5.41) is 0. The Hall–Kier alpha value is -1.95. The predicted molar refractivity (Wildman–Crippen MR) is 85.8 cm³/mol. The van der Waals surface area contributed by atoms with Crippen LogP contribution in [0.1, 0.15) is 12.8 Å². The summed E-state index contributed by atoms with van der Waals surface area (Å²) in [6, 6.07) is 3.99. The molecular formula is C17H25N2O4+. The van der Waals surface area contributed by atoms with Crippen LogP contribution in [0, 0.1) is 5.92 Å². The highest BCUT2D eigenvalue weighted by atomic mass is 16.5. The largest absolute Gasteiger partial charge is 0.492 e. The molecule has 1 N–H and O–H groups in total. The average Bonchev–Trinajstić information content (AvgIpc) is 3.45. The molecule has 0 bridgehead atoms. The zero-order valence-corrected chi connectivity index (χ0v) is 14.1. The van der Waals surface area contributed by atoms with Gasteiger partial charge in [0, 0.05) is 18.1 Å². The van der Waals surface area contributed by atoms with Crippen LogP contribution in [0.2, 0.25) is 0 Å². The predicted octanol–water partition coefficient (Wildman–Crippen LogP) is 0.481. The minimum atomic E-state index is 0.303. The number of carbonyl (C=O) groups excluding carboxylic acids is 1. The van der Waals surface area contributed by atoms with Crippen molar-refractivity contribution in [1.82, 2.24) is 4.90 Å². The zero-order chi connectivity index (χ0) is 16.4. The summed E-state index contributed by atoms with van der Waals surface area (Å²) in [5.41, 5.74) is 1.11. The molecule has 3 rings (SSSR count). The van der Waals surface area contributed by atoms with Gasteiger partial charge in [-0.1, -0.05) is 0 Å². The van der Waals surface area contributed by atoms with E-state index in [1.807, 2.05) is 17.0 Å². The maximum absolute atomic E-state index is 12.1. The van der Waals surface area contributed by atoms with E-state index in [2.05, 4.69) is 0 Å². The van der Waals surface area contributed by atoms with Crippen molar-refractivity contribution in [3.63, 3.8) is 0 Å². The number of rotatable bonds is 5. The maximum Gasteiger partial charge on any atom is 0.226 e. The first-order valence-electron chi connectivity index (χ1n) is 8.11. The molecule has 1 aliphatic carbocycles. The van der Waals surface area contributed by atoms with E-state index in [-0.39, 0.29) is 0 Å². The monoisotopic (exact) mass is 321 g/mol. The highest BCUT2D eigenvalue weighted by Crippen LogP contribution is 2.39. The molecule has 2 fully saturated rings. The average molecular weight is 321 g/mol. The minimum absolute atomic E-state index is 0.303. The Morgan fingerprint density at radius 1 is 1.04 bits per heavy atom. The molecule has 0 radical (unpaired) electrons. The SMILES string of the molecule is COc1cc([NH+]2CCN(C(=O)C3CC3)CC2)cc(OC)c1OC. The number of benzene rings is 1. The third-order valence-electron chi connectivity index (χ3n) is 4.68. The second-order valence-electron chi connectivity index (χ2n) is 6.12. The standard InChI is InChI=1S/C17H24N2O4/c1-21-14-10-13(11-15(22-2)16(14)23-3)18-6-8-19(9-7-18)17(20)12-4-5-12/h10-12H,4-9H2,1-3H3/p+1. The van der Waals surface area contributed by atoms with E-state index in [1.165, 1.54) is 4.90 Å². The third kappa shape index (κ3) is 3.22. The number of nitrogens with one attached hydrogen (secondary N) is 1. The number of piperazine rings is 1. The number of ether oxygens (including phenoxy) is 3. The van der Waals surface area contributed by atoms with Gasteiger partial charge in [0.05, 0.1) is 47.5 Å². The van der Waals surface area contributed by atoms with Gasteiger partial charge in [-0.25, -0.2) is 0 Å². The van der Waals surface area contributed by atoms with Crippen molar-refractivity contribution in [3.05, 3.63) is 12.1 Å². The first kappa shape index (κ1) is 15.9. The summed E-state index contributed by atoms with van der Waals surface area (Å²) in [7, 11) is 4.86. The van der Waals surface area contributed by atoms with Gasteiger partial charge in [-0.15, -0.1) is 0 Å². The van der Waals surface area contributed by atoms with Crippen LogP contribution in [0.5, 0.6) is 17.2 Å². The highest BCUT2D eigenvalue weighted by molar-refractivity contribution is 5.81. The number of nitrogens with zero attached hydrogens (tertiary/aromatic N) is 1. The van der Waals surface area contributed by atoms with E-state index in [4.69, 9.17) is 14.2 Å². The first-order chi connectivity index (χ1) is 11.2. The fourth-order valence-electron chi connectivity index (χ4n) is 3.16. The van der Waals surface area contributed by atoms with Crippen LogP contribution < -0.4 is 19.1 Å². The molecule has 6 nitrogen and oxygen atoms in total. The smallest absolute Gasteiger partial charge is 0.226 e. The van der Waals surface area contributed by atoms with Crippen molar-refractivity contribution in [2.75, 3.05) is 47.5 Å². The summed E-state index contributed by atoms with van der Waals surface area (Å²) >= 11 is 0. The molecule has 1 aromatic rings. The van der Waals surface area contributed by atoms with Crippen LogP contribution in [0.15, 0.2) is 12.1 Å². The molecule has 0 aromatic heterocycles. The van der Waals surface area contributed by atoms with Crippen molar-refractivity contribution in [2.24, 2.45) is 5.92 Å². The normalized spacial score (nSPS) is 18.7. The molecular weight excluding hydrogens is 296 g/mol. The lowest BCUT2D eigenvalue weighted by molar-refractivity contribution is -0.837. The Balaban J connectivity index is 1.73. The Kier molecular flexibility index (Phi) is 4.61. The first-order valence-corrected chi connectivity index (χ1v) is 8.11. The fourth-order valence-corrected chi connectivity index (χ4v) is 3.16. The molecule has 6 heteroatoms. The van der Waals surface area contributed by atoms with Crippen molar-refractivity contribution in [1.29, 1.82) is 0 Å². The highest BCUT2D eigenvalue weighted by Gasteiger charge is 2.36. The van der Waals surface area contributed by atoms with Crippen molar-refractivity contribution >= 4 is 11.6 Å². The van der Waals surface area contributed by atoms with Crippen molar-refractivity contribution < 1.29 is 23.9 Å². The number of methoxy groups -OCH3 is 3. The molecule has 0 spiro atoms. The molecule has 1 aliphatic heterocycles.